The van der Waals surface area contributed by atoms with Gasteiger partial charge in [0, 0.05) is 0 Å². The van der Waals surface area contributed by atoms with Crippen LogP contribution in [-0.2, 0) is 4.79 Å². The lowest BCUT2D eigenvalue weighted by molar-refractivity contribution is -0.118. The molecule has 0 unspecified atom stereocenters. The number of benzene rings is 2. The molecule has 1 aromatic heterocycles. The van der Waals surface area contributed by atoms with Crippen molar-refractivity contribution in [3.63, 3.8) is 0 Å². The fourth-order valence-electron chi connectivity index (χ4n) is 2.18. The minimum Gasteiger partial charge on any atom is -0.494 e. The van der Waals surface area contributed by atoms with Gasteiger partial charge in [-0.1, -0.05) is 19.1 Å². The Morgan fingerprint density at radius 2 is 1.79 bits per heavy atom. The molecule has 2 aromatic carbocycles. The van der Waals surface area contributed by atoms with Gasteiger partial charge in [0.1, 0.15) is 11.5 Å². The summed E-state index contributed by atoms with van der Waals surface area (Å²) >= 11 is 0. The fourth-order valence-corrected chi connectivity index (χ4v) is 2.18. The number of aromatic nitrogens is 2. The van der Waals surface area contributed by atoms with E-state index in [1.165, 1.54) is 0 Å². The summed E-state index contributed by atoms with van der Waals surface area (Å²) in [4.78, 5) is 19.3. The van der Waals surface area contributed by atoms with Gasteiger partial charge in [-0.15, -0.1) is 0 Å². The van der Waals surface area contributed by atoms with E-state index in [-0.39, 0.29) is 12.5 Å². The lowest BCUT2D eigenvalue weighted by Crippen LogP contribution is -2.20. The van der Waals surface area contributed by atoms with Crippen LogP contribution in [0.3, 0.4) is 0 Å². The van der Waals surface area contributed by atoms with Gasteiger partial charge in [-0.25, -0.2) is 4.98 Å². The van der Waals surface area contributed by atoms with E-state index < -0.39 is 0 Å². The smallest absolute Gasteiger partial charge is 0.264 e. The second kappa shape index (κ2) is 7.50. The molecule has 0 saturated heterocycles. The van der Waals surface area contributed by atoms with Crippen molar-refractivity contribution in [2.75, 3.05) is 18.5 Å². The molecule has 3 aromatic rings. The second-order valence-corrected chi connectivity index (χ2v) is 5.26. The predicted octanol–water partition coefficient (Wildman–Crippen LogP) is 3.37. The highest BCUT2D eigenvalue weighted by molar-refractivity contribution is 5.92. The minimum atomic E-state index is -0.277. The molecular formula is C18H19N3O3. The Morgan fingerprint density at radius 3 is 2.50 bits per heavy atom. The van der Waals surface area contributed by atoms with Crippen LogP contribution in [0, 0.1) is 0 Å². The first-order valence-electron chi connectivity index (χ1n) is 7.85. The molecule has 6 heteroatoms. The van der Waals surface area contributed by atoms with E-state index in [0.29, 0.717) is 18.3 Å². The summed E-state index contributed by atoms with van der Waals surface area (Å²) in [5.41, 5.74) is 1.67. The molecule has 6 nitrogen and oxygen atoms in total. The Morgan fingerprint density at radius 1 is 1.08 bits per heavy atom. The number of hydrogen-bond donors (Lipinski definition) is 2. The molecule has 0 radical (unpaired) electrons. The van der Waals surface area contributed by atoms with Crippen molar-refractivity contribution in [3.8, 4) is 11.5 Å². The zero-order valence-electron chi connectivity index (χ0n) is 13.4. The fraction of sp³-hybridized carbons (Fsp3) is 0.222. The lowest BCUT2D eigenvalue weighted by atomic mass is 10.3. The van der Waals surface area contributed by atoms with Crippen molar-refractivity contribution in [3.05, 3.63) is 48.5 Å². The number of anilines is 1. The molecule has 3 rings (SSSR count). The van der Waals surface area contributed by atoms with Crippen LogP contribution in [0.15, 0.2) is 48.5 Å². The number of ether oxygens (including phenoxy) is 2. The third-order valence-corrected chi connectivity index (χ3v) is 3.31. The van der Waals surface area contributed by atoms with Crippen LogP contribution in [0.4, 0.5) is 5.95 Å². The Kier molecular flexibility index (Phi) is 4.96. The van der Waals surface area contributed by atoms with Gasteiger partial charge in [-0.3, -0.25) is 10.1 Å². The monoisotopic (exact) mass is 325 g/mol. The van der Waals surface area contributed by atoms with Crippen molar-refractivity contribution in [1.29, 1.82) is 0 Å². The van der Waals surface area contributed by atoms with Gasteiger partial charge in [0.2, 0.25) is 5.95 Å². The maximum Gasteiger partial charge on any atom is 0.264 e. The lowest BCUT2D eigenvalue weighted by Gasteiger charge is -2.08. The SMILES string of the molecule is CCCOc1ccc(OCC(=O)Nc2nc3ccccc3[nH]2)cc1. The quantitative estimate of drug-likeness (QED) is 0.698. The molecule has 0 bridgehead atoms. The number of amides is 1. The maximum absolute atomic E-state index is 12.0. The van der Waals surface area contributed by atoms with Crippen LogP contribution >= 0.6 is 0 Å². The molecule has 1 heterocycles. The number of rotatable bonds is 7. The first-order valence-corrected chi connectivity index (χ1v) is 7.85. The summed E-state index contributed by atoms with van der Waals surface area (Å²) in [6, 6.07) is 14.8. The maximum atomic E-state index is 12.0. The standard InChI is InChI=1S/C18H19N3O3/c1-2-11-23-13-7-9-14(10-8-13)24-12-17(22)21-18-19-15-5-3-4-6-16(15)20-18/h3-10H,2,11-12H2,1H3,(H2,19,20,21,22). The summed E-state index contributed by atoms with van der Waals surface area (Å²) in [6.07, 6.45) is 0.959. The molecule has 0 aliphatic rings. The van der Waals surface area contributed by atoms with Gasteiger partial charge in [0.15, 0.2) is 6.61 Å². The van der Waals surface area contributed by atoms with Crippen molar-refractivity contribution in [2.45, 2.75) is 13.3 Å². The Hall–Kier alpha value is -3.02. The molecule has 0 atom stereocenters. The van der Waals surface area contributed by atoms with Crippen LogP contribution in [0.2, 0.25) is 0 Å². The highest BCUT2D eigenvalue weighted by Gasteiger charge is 2.07. The van der Waals surface area contributed by atoms with Gasteiger partial charge in [0.25, 0.3) is 5.91 Å². The molecular weight excluding hydrogens is 306 g/mol. The second-order valence-electron chi connectivity index (χ2n) is 5.26. The summed E-state index contributed by atoms with van der Waals surface area (Å²) in [5, 5.41) is 2.69. The summed E-state index contributed by atoms with van der Waals surface area (Å²) < 4.78 is 11.0. The zero-order chi connectivity index (χ0) is 16.8. The average molecular weight is 325 g/mol. The van der Waals surface area contributed by atoms with E-state index in [1.54, 1.807) is 12.1 Å². The normalized spacial score (nSPS) is 10.5. The zero-order valence-corrected chi connectivity index (χ0v) is 13.4. The molecule has 0 saturated carbocycles. The van der Waals surface area contributed by atoms with Crippen molar-refractivity contribution in [1.82, 2.24) is 9.97 Å². The minimum absolute atomic E-state index is 0.0911. The van der Waals surface area contributed by atoms with Crippen LogP contribution in [0.5, 0.6) is 11.5 Å². The van der Waals surface area contributed by atoms with Gasteiger partial charge in [0.05, 0.1) is 17.6 Å². The number of aromatic amines is 1. The summed E-state index contributed by atoms with van der Waals surface area (Å²) in [6.45, 7) is 2.64. The van der Waals surface area contributed by atoms with E-state index in [1.807, 2.05) is 36.4 Å². The van der Waals surface area contributed by atoms with Crippen LogP contribution in [-0.4, -0.2) is 29.1 Å². The predicted molar refractivity (Wildman–Crippen MR) is 92.4 cm³/mol. The van der Waals surface area contributed by atoms with Crippen molar-refractivity contribution >= 4 is 22.9 Å². The number of fused-ring (bicyclic) bond motifs is 1. The van der Waals surface area contributed by atoms with E-state index in [9.17, 15) is 4.79 Å². The number of hydrogen-bond acceptors (Lipinski definition) is 4. The number of carbonyl (C=O) groups is 1. The number of imidazole rings is 1. The number of para-hydroxylation sites is 2. The van der Waals surface area contributed by atoms with E-state index in [0.717, 1.165) is 23.2 Å². The number of carbonyl (C=O) groups excluding carboxylic acids is 1. The Labute approximate surface area is 139 Å². The Balaban J connectivity index is 1.51. The molecule has 24 heavy (non-hydrogen) atoms. The molecule has 0 spiro atoms. The van der Waals surface area contributed by atoms with Crippen molar-refractivity contribution < 1.29 is 14.3 Å². The van der Waals surface area contributed by atoms with Gasteiger partial charge >= 0.3 is 0 Å². The van der Waals surface area contributed by atoms with Gasteiger partial charge < -0.3 is 14.5 Å². The number of nitrogens with one attached hydrogen (secondary N) is 2. The molecule has 2 N–H and O–H groups in total. The van der Waals surface area contributed by atoms with Gasteiger partial charge in [-0.05, 0) is 42.8 Å². The van der Waals surface area contributed by atoms with Gasteiger partial charge in [-0.2, -0.15) is 0 Å². The summed E-state index contributed by atoms with van der Waals surface area (Å²) in [7, 11) is 0. The molecule has 0 aliphatic heterocycles. The van der Waals surface area contributed by atoms with E-state index in [4.69, 9.17) is 9.47 Å². The highest BCUT2D eigenvalue weighted by Crippen LogP contribution is 2.18. The third-order valence-electron chi connectivity index (χ3n) is 3.31. The van der Waals surface area contributed by atoms with Crippen LogP contribution in [0.25, 0.3) is 11.0 Å². The number of H-pyrrole nitrogens is 1. The molecule has 1 amide bonds. The Bertz CT molecular complexity index is 779. The third kappa shape index (κ3) is 4.04. The number of nitrogens with zero attached hydrogens (tertiary/aromatic N) is 1. The topological polar surface area (TPSA) is 76.2 Å². The summed E-state index contributed by atoms with van der Waals surface area (Å²) in [5.74, 6) is 1.53. The first kappa shape index (κ1) is 15.9. The van der Waals surface area contributed by atoms with Crippen LogP contribution < -0.4 is 14.8 Å². The van der Waals surface area contributed by atoms with Crippen molar-refractivity contribution in [2.24, 2.45) is 0 Å². The molecule has 0 aliphatic carbocycles. The molecule has 124 valence electrons. The average Bonchev–Trinajstić information content (AvgIpc) is 3.01. The highest BCUT2D eigenvalue weighted by atomic mass is 16.5. The molecule has 0 fully saturated rings. The van der Waals surface area contributed by atoms with Crippen LogP contribution in [0.1, 0.15) is 13.3 Å². The largest absolute Gasteiger partial charge is 0.494 e. The van der Waals surface area contributed by atoms with E-state index in [2.05, 4.69) is 22.2 Å². The van der Waals surface area contributed by atoms with E-state index >= 15 is 0 Å². The first-order chi connectivity index (χ1) is 11.7.